The highest BCUT2D eigenvalue weighted by molar-refractivity contribution is 6.01. The van der Waals surface area contributed by atoms with Gasteiger partial charge in [0.15, 0.2) is 0 Å². The predicted molar refractivity (Wildman–Crippen MR) is 90.7 cm³/mol. The number of hydrogen-bond acceptors (Lipinski definition) is 3. The van der Waals surface area contributed by atoms with E-state index in [2.05, 4.69) is 38.2 Å². The molecule has 0 radical (unpaired) electrons. The number of benzene rings is 1. The Morgan fingerprint density at radius 2 is 2.04 bits per heavy atom. The van der Waals surface area contributed by atoms with E-state index in [1.54, 1.807) is 0 Å². The zero-order valence-corrected chi connectivity index (χ0v) is 13.0. The number of carbonyl (C=O) groups excluding carboxylic acids is 1. The molecule has 0 fully saturated rings. The van der Waals surface area contributed by atoms with Crippen molar-refractivity contribution in [2.75, 3.05) is 18.0 Å². The van der Waals surface area contributed by atoms with Gasteiger partial charge in [0.05, 0.1) is 18.0 Å². The third-order valence-corrected chi connectivity index (χ3v) is 4.57. The van der Waals surface area contributed by atoms with E-state index in [-0.39, 0.29) is 5.91 Å². The summed E-state index contributed by atoms with van der Waals surface area (Å²) in [6.45, 7) is 2.22. The Morgan fingerprint density at radius 1 is 1.13 bits per heavy atom. The molecule has 2 aliphatic rings. The number of nitrogens with zero attached hydrogens (tertiary/aromatic N) is 3. The maximum absolute atomic E-state index is 12.3. The number of aromatic nitrogens is 1. The summed E-state index contributed by atoms with van der Waals surface area (Å²) < 4.78 is 2.16. The van der Waals surface area contributed by atoms with E-state index in [1.807, 2.05) is 24.4 Å². The molecule has 1 aromatic heterocycles. The maximum atomic E-state index is 12.3. The van der Waals surface area contributed by atoms with Crippen LogP contribution in [0.4, 0.5) is 5.69 Å². The Morgan fingerprint density at radius 3 is 3.00 bits per heavy atom. The molecule has 5 heteroatoms. The zero-order valence-electron chi connectivity index (χ0n) is 13.0. The van der Waals surface area contributed by atoms with Crippen LogP contribution in [0.15, 0.2) is 47.7 Å². The molecule has 0 saturated carbocycles. The smallest absolute Gasteiger partial charge is 0.259 e. The van der Waals surface area contributed by atoms with E-state index < -0.39 is 0 Å². The Kier molecular flexibility index (Phi) is 3.61. The van der Waals surface area contributed by atoms with Crippen molar-refractivity contribution in [3.05, 3.63) is 53.9 Å². The highest BCUT2D eigenvalue weighted by Crippen LogP contribution is 2.26. The van der Waals surface area contributed by atoms with Crippen LogP contribution in [-0.2, 0) is 17.8 Å². The average molecular weight is 308 g/mol. The first-order valence-electron chi connectivity index (χ1n) is 8.15. The average Bonchev–Trinajstić information content (AvgIpc) is 3.17. The number of anilines is 1. The van der Waals surface area contributed by atoms with Crippen molar-refractivity contribution in [3.8, 4) is 0 Å². The van der Waals surface area contributed by atoms with Crippen molar-refractivity contribution in [3.63, 3.8) is 0 Å². The van der Waals surface area contributed by atoms with Crippen LogP contribution in [0.2, 0.25) is 0 Å². The first kappa shape index (κ1) is 14.1. The molecule has 4 rings (SSSR count). The quantitative estimate of drug-likeness (QED) is 0.884. The molecule has 0 spiro atoms. The molecule has 0 aliphatic carbocycles. The number of para-hydroxylation sites is 1. The molecule has 1 N–H and O–H groups in total. The van der Waals surface area contributed by atoms with Crippen LogP contribution >= 0.6 is 0 Å². The fourth-order valence-electron chi connectivity index (χ4n) is 3.45. The van der Waals surface area contributed by atoms with Crippen LogP contribution in [0.5, 0.6) is 0 Å². The summed E-state index contributed by atoms with van der Waals surface area (Å²) in [5, 5.41) is 4.33. The van der Waals surface area contributed by atoms with Gasteiger partial charge in [-0.15, -0.1) is 0 Å². The molecule has 2 aromatic rings. The summed E-state index contributed by atoms with van der Waals surface area (Å²) in [7, 11) is 0. The van der Waals surface area contributed by atoms with E-state index in [4.69, 9.17) is 0 Å². The number of aryl methyl sites for hydroxylation is 2. The molecule has 23 heavy (non-hydrogen) atoms. The van der Waals surface area contributed by atoms with Crippen LogP contribution < -0.4 is 10.3 Å². The molecule has 3 heterocycles. The third-order valence-electron chi connectivity index (χ3n) is 4.57. The van der Waals surface area contributed by atoms with Gasteiger partial charge in [0, 0.05) is 31.4 Å². The van der Waals surface area contributed by atoms with Gasteiger partial charge in [-0.3, -0.25) is 4.79 Å². The lowest BCUT2D eigenvalue weighted by Crippen LogP contribution is -2.38. The predicted octanol–water partition coefficient (Wildman–Crippen LogP) is 2.16. The minimum Gasteiger partial charge on any atom is -0.362 e. The van der Waals surface area contributed by atoms with Crippen molar-refractivity contribution >= 4 is 17.3 Å². The van der Waals surface area contributed by atoms with Crippen molar-refractivity contribution in [1.82, 2.24) is 9.99 Å². The Bertz CT molecular complexity index is 762. The van der Waals surface area contributed by atoms with Gasteiger partial charge in [-0.05, 0) is 36.6 Å². The van der Waals surface area contributed by atoms with Crippen LogP contribution in [0.1, 0.15) is 24.1 Å². The first-order valence-corrected chi connectivity index (χ1v) is 8.15. The summed E-state index contributed by atoms with van der Waals surface area (Å²) in [4.78, 5) is 14.4. The molecule has 5 nitrogen and oxygen atoms in total. The van der Waals surface area contributed by atoms with E-state index in [0.717, 1.165) is 43.8 Å². The molecular weight excluding hydrogens is 288 g/mol. The lowest BCUT2D eigenvalue weighted by Gasteiger charge is -2.30. The molecular formula is C18H20N4O. The molecule has 0 atom stereocenters. The number of carbonyl (C=O) groups is 1. The fourth-order valence-corrected chi connectivity index (χ4v) is 3.45. The van der Waals surface area contributed by atoms with Gasteiger partial charge in [0.1, 0.15) is 0 Å². The van der Waals surface area contributed by atoms with E-state index in [9.17, 15) is 4.79 Å². The molecule has 1 aromatic carbocycles. The standard InChI is InChI=1S/C18H20N4O/c23-18(20-19-15-9-12-21-10-4-8-17(15)21)13-22-11-3-6-14-5-1-2-7-16(14)22/h1-2,4-5,7-8,10H,3,6,9,11-13H2,(H,20,23)/b19-15-. The van der Waals surface area contributed by atoms with Crippen LogP contribution in [0, 0.1) is 0 Å². The van der Waals surface area contributed by atoms with Crippen molar-refractivity contribution in [1.29, 1.82) is 0 Å². The first-order chi connectivity index (χ1) is 11.3. The minimum atomic E-state index is -0.0563. The van der Waals surface area contributed by atoms with Crippen LogP contribution in [0.3, 0.4) is 0 Å². The van der Waals surface area contributed by atoms with Gasteiger partial charge in [-0.2, -0.15) is 5.10 Å². The second-order valence-corrected chi connectivity index (χ2v) is 6.08. The number of fused-ring (bicyclic) bond motifs is 2. The molecule has 1 amide bonds. The number of hydrogen-bond donors (Lipinski definition) is 1. The SMILES string of the molecule is O=C(CN1CCCc2ccccc21)N/N=C1/CCn2cccc21. The largest absolute Gasteiger partial charge is 0.362 e. The fraction of sp³-hybridized carbons (Fsp3) is 0.333. The summed E-state index contributed by atoms with van der Waals surface area (Å²) in [6, 6.07) is 12.4. The van der Waals surface area contributed by atoms with E-state index in [1.165, 1.54) is 11.3 Å². The van der Waals surface area contributed by atoms with Gasteiger partial charge in [-0.25, -0.2) is 5.43 Å². The number of hydrazone groups is 1. The zero-order chi connectivity index (χ0) is 15.6. The van der Waals surface area contributed by atoms with Crippen LogP contribution in [-0.4, -0.2) is 29.3 Å². The summed E-state index contributed by atoms with van der Waals surface area (Å²) >= 11 is 0. The number of rotatable bonds is 3. The molecule has 2 aliphatic heterocycles. The summed E-state index contributed by atoms with van der Waals surface area (Å²) in [6.07, 6.45) is 5.10. The van der Waals surface area contributed by atoms with Crippen molar-refractivity contribution < 1.29 is 4.79 Å². The molecule has 0 saturated heterocycles. The van der Waals surface area contributed by atoms with Gasteiger partial charge in [0.2, 0.25) is 0 Å². The Hall–Kier alpha value is -2.56. The number of nitrogens with one attached hydrogen (secondary N) is 1. The van der Waals surface area contributed by atoms with Gasteiger partial charge in [-0.1, -0.05) is 18.2 Å². The molecule has 0 unspecified atom stereocenters. The minimum absolute atomic E-state index is 0.0563. The Labute approximate surface area is 135 Å². The summed E-state index contributed by atoms with van der Waals surface area (Å²) in [5.74, 6) is -0.0563. The van der Waals surface area contributed by atoms with Crippen molar-refractivity contribution in [2.45, 2.75) is 25.8 Å². The summed E-state index contributed by atoms with van der Waals surface area (Å²) in [5.41, 5.74) is 7.30. The van der Waals surface area contributed by atoms with Gasteiger partial charge in [0.25, 0.3) is 5.91 Å². The molecule has 118 valence electrons. The lowest BCUT2D eigenvalue weighted by atomic mass is 10.0. The monoisotopic (exact) mass is 308 g/mol. The normalized spacial score (nSPS) is 17.9. The lowest BCUT2D eigenvalue weighted by molar-refractivity contribution is -0.119. The molecule has 0 bridgehead atoms. The van der Waals surface area contributed by atoms with Gasteiger partial charge >= 0.3 is 0 Å². The van der Waals surface area contributed by atoms with Crippen molar-refractivity contribution in [2.24, 2.45) is 5.10 Å². The third kappa shape index (κ3) is 2.74. The second kappa shape index (κ2) is 5.91. The topological polar surface area (TPSA) is 49.6 Å². The highest BCUT2D eigenvalue weighted by atomic mass is 16.2. The van der Waals surface area contributed by atoms with E-state index >= 15 is 0 Å². The Balaban J connectivity index is 1.42. The number of amides is 1. The van der Waals surface area contributed by atoms with Gasteiger partial charge < -0.3 is 9.47 Å². The maximum Gasteiger partial charge on any atom is 0.259 e. The highest BCUT2D eigenvalue weighted by Gasteiger charge is 2.20. The van der Waals surface area contributed by atoms with Crippen LogP contribution in [0.25, 0.3) is 0 Å². The second-order valence-electron chi connectivity index (χ2n) is 6.08. The van der Waals surface area contributed by atoms with E-state index in [0.29, 0.717) is 6.54 Å².